The topological polar surface area (TPSA) is 60.5 Å². The molecule has 0 radical (unpaired) electrons. The van der Waals surface area contributed by atoms with Crippen molar-refractivity contribution >= 4 is 22.5 Å². The predicted octanol–water partition coefficient (Wildman–Crippen LogP) is 3.92. The summed E-state index contributed by atoms with van der Waals surface area (Å²) in [5, 5.41) is 4.08. The molecule has 1 saturated carbocycles. The largest absolute Gasteiger partial charge is 0.493 e. The minimum Gasteiger partial charge on any atom is -0.493 e. The highest BCUT2D eigenvalue weighted by atomic mass is 16.5. The zero-order valence-corrected chi connectivity index (χ0v) is 14.8. The predicted molar refractivity (Wildman–Crippen MR) is 101 cm³/mol. The van der Waals surface area contributed by atoms with Crippen LogP contribution in [0.4, 0.5) is 5.69 Å². The Balaban J connectivity index is 1.66. The van der Waals surface area contributed by atoms with Gasteiger partial charge in [-0.25, -0.2) is 0 Å². The third-order valence-corrected chi connectivity index (χ3v) is 5.00. The highest BCUT2D eigenvalue weighted by molar-refractivity contribution is 6.06. The number of benzene rings is 2. The molecule has 5 heteroatoms. The third-order valence-electron chi connectivity index (χ3n) is 5.00. The van der Waals surface area contributed by atoms with Crippen molar-refractivity contribution in [2.24, 2.45) is 0 Å². The van der Waals surface area contributed by atoms with E-state index in [1.807, 2.05) is 48.5 Å². The molecule has 1 heterocycles. The number of rotatable bonds is 5. The third kappa shape index (κ3) is 2.65. The molecule has 1 aromatic heterocycles. The molecule has 0 unspecified atom stereocenters. The Kier molecular flexibility index (Phi) is 3.99. The van der Waals surface area contributed by atoms with Gasteiger partial charge < -0.3 is 14.8 Å². The maximum absolute atomic E-state index is 13.1. The van der Waals surface area contributed by atoms with E-state index in [2.05, 4.69) is 10.3 Å². The summed E-state index contributed by atoms with van der Waals surface area (Å²) < 4.78 is 10.7. The Labute approximate surface area is 152 Å². The van der Waals surface area contributed by atoms with E-state index in [-0.39, 0.29) is 5.91 Å². The Hall–Kier alpha value is -3.08. The average molecular weight is 348 g/mol. The average Bonchev–Trinajstić information content (AvgIpc) is 3.50. The van der Waals surface area contributed by atoms with Crippen molar-refractivity contribution in [3.05, 3.63) is 60.3 Å². The first-order valence-electron chi connectivity index (χ1n) is 8.56. The van der Waals surface area contributed by atoms with Crippen molar-refractivity contribution in [3.63, 3.8) is 0 Å². The molecule has 0 saturated heterocycles. The van der Waals surface area contributed by atoms with E-state index < -0.39 is 5.41 Å². The van der Waals surface area contributed by atoms with Gasteiger partial charge in [0, 0.05) is 11.6 Å². The number of fused-ring (bicyclic) bond motifs is 1. The van der Waals surface area contributed by atoms with E-state index in [1.165, 1.54) is 0 Å². The molecular weight excluding hydrogens is 328 g/mol. The molecule has 4 rings (SSSR count). The zero-order chi connectivity index (χ0) is 18.1. The van der Waals surface area contributed by atoms with E-state index in [4.69, 9.17) is 9.47 Å². The summed E-state index contributed by atoms with van der Waals surface area (Å²) in [6.45, 7) is 0. The molecule has 0 spiro atoms. The molecule has 26 heavy (non-hydrogen) atoms. The summed E-state index contributed by atoms with van der Waals surface area (Å²) in [5.74, 6) is 1.28. The number of methoxy groups -OCH3 is 2. The van der Waals surface area contributed by atoms with Crippen LogP contribution < -0.4 is 14.8 Å². The van der Waals surface area contributed by atoms with Crippen molar-refractivity contribution < 1.29 is 14.3 Å². The van der Waals surface area contributed by atoms with Crippen LogP contribution in [0, 0.1) is 0 Å². The highest BCUT2D eigenvalue weighted by Crippen LogP contribution is 2.50. The van der Waals surface area contributed by atoms with Gasteiger partial charge in [0.2, 0.25) is 5.91 Å². The lowest BCUT2D eigenvalue weighted by Gasteiger charge is -2.18. The molecule has 1 fully saturated rings. The van der Waals surface area contributed by atoms with Gasteiger partial charge in [0.1, 0.15) is 0 Å². The fourth-order valence-corrected chi connectivity index (χ4v) is 3.35. The SMILES string of the molecule is COc1ccc(C2(C(=O)Nc3cccc4cccnc34)CC2)cc1OC. The summed E-state index contributed by atoms with van der Waals surface area (Å²) in [5.41, 5.74) is 1.96. The number of aromatic nitrogens is 1. The maximum atomic E-state index is 13.1. The quantitative estimate of drug-likeness (QED) is 0.759. The van der Waals surface area contributed by atoms with Gasteiger partial charge in [-0.3, -0.25) is 9.78 Å². The van der Waals surface area contributed by atoms with Gasteiger partial charge in [-0.1, -0.05) is 24.3 Å². The van der Waals surface area contributed by atoms with Crippen LogP contribution in [-0.4, -0.2) is 25.1 Å². The molecule has 5 nitrogen and oxygen atoms in total. The lowest BCUT2D eigenvalue weighted by atomic mass is 9.94. The van der Waals surface area contributed by atoms with Crippen LogP contribution in [0.3, 0.4) is 0 Å². The van der Waals surface area contributed by atoms with Crippen LogP contribution in [0.15, 0.2) is 54.7 Å². The summed E-state index contributed by atoms with van der Waals surface area (Å²) in [6, 6.07) is 15.4. The molecule has 0 aliphatic heterocycles. The number of amides is 1. The number of para-hydroxylation sites is 1. The number of nitrogens with zero attached hydrogens (tertiary/aromatic N) is 1. The lowest BCUT2D eigenvalue weighted by molar-refractivity contribution is -0.118. The monoisotopic (exact) mass is 348 g/mol. The van der Waals surface area contributed by atoms with Crippen molar-refractivity contribution in [3.8, 4) is 11.5 Å². The Morgan fingerprint density at radius 1 is 1.04 bits per heavy atom. The highest BCUT2D eigenvalue weighted by Gasteiger charge is 2.51. The van der Waals surface area contributed by atoms with Crippen LogP contribution in [0.5, 0.6) is 11.5 Å². The molecular formula is C21H20N2O3. The Bertz CT molecular complexity index is 975. The van der Waals surface area contributed by atoms with E-state index in [0.717, 1.165) is 35.0 Å². The second-order valence-corrected chi connectivity index (χ2v) is 6.49. The molecule has 1 aliphatic rings. The minimum absolute atomic E-state index is 0.0112. The molecule has 1 N–H and O–H groups in total. The van der Waals surface area contributed by atoms with Gasteiger partial charge in [0.05, 0.1) is 30.8 Å². The van der Waals surface area contributed by atoms with Crippen molar-refractivity contribution in [2.45, 2.75) is 18.3 Å². The Morgan fingerprint density at radius 3 is 2.54 bits per heavy atom. The number of hydrogen-bond acceptors (Lipinski definition) is 4. The number of pyridine rings is 1. The fraction of sp³-hybridized carbons (Fsp3) is 0.238. The first kappa shape index (κ1) is 16.4. The van der Waals surface area contributed by atoms with E-state index in [9.17, 15) is 4.79 Å². The first-order chi connectivity index (χ1) is 12.7. The van der Waals surface area contributed by atoms with E-state index in [0.29, 0.717) is 11.5 Å². The number of carbonyl (C=O) groups excluding carboxylic acids is 1. The minimum atomic E-state index is -0.517. The van der Waals surface area contributed by atoms with E-state index >= 15 is 0 Å². The molecule has 3 aromatic rings. The molecule has 1 aliphatic carbocycles. The van der Waals surface area contributed by atoms with Crippen LogP contribution in [-0.2, 0) is 10.2 Å². The second kappa shape index (κ2) is 6.33. The molecule has 0 bridgehead atoms. The number of anilines is 1. The molecule has 132 valence electrons. The van der Waals surface area contributed by atoms with E-state index in [1.54, 1.807) is 20.4 Å². The summed E-state index contributed by atoms with van der Waals surface area (Å²) in [6.07, 6.45) is 3.36. The van der Waals surface area contributed by atoms with Crippen LogP contribution in [0.2, 0.25) is 0 Å². The summed E-state index contributed by atoms with van der Waals surface area (Å²) >= 11 is 0. The summed E-state index contributed by atoms with van der Waals surface area (Å²) in [7, 11) is 3.20. The van der Waals surface area contributed by atoms with Gasteiger partial charge in [-0.2, -0.15) is 0 Å². The maximum Gasteiger partial charge on any atom is 0.235 e. The zero-order valence-electron chi connectivity index (χ0n) is 14.8. The first-order valence-corrected chi connectivity index (χ1v) is 8.56. The standard InChI is InChI=1S/C21H20N2O3/c1-25-17-9-8-15(13-18(17)26-2)21(10-11-21)20(24)23-16-7-3-5-14-6-4-12-22-19(14)16/h3-9,12-13H,10-11H2,1-2H3,(H,23,24). The number of hydrogen-bond donors (Lipinski definition) is 1. The molecule has 1 amide bonds. The van der Waals surface area contributed by atoms with Crippen molar-refractivity contribution in [1.82, 2.24) is 4.98 Å². The number of carbonyl (C=O) groups is 1. The smallest absolute Gasteiger partial charge is 0.235 e. The molecule has 0 atom stereocenters. The van der Waals surface area contributed by atoms with Gasteiger partial charge in [0.15, 0.2) is 11.5 Å². The second-order valence-electron chi connectivity index (χ2n) is 6.49. The van der Waals surface area contributed by atoms with Gasteiger partial charge in [0.25, 0.3) is 0 Å². The van der Waals surface area contributed by atoms with Gasteiger partial charge in [-0.15, -0.1) is 0 Å². The lowest BCUT2D eigenvalue weighted by Crippen LogP contribution is -2.28. The van der Waals surface area contributed by atoms with Gasteiger partial charge >= 0.3 is 0 Å². The number of ether oxygens (including phenoxy) is 2. The fourth-order valence-electron chi connectivity index (χ4n) is 3.35. The normalized spacial score (nSPS) is 14.7. The van der Waals surface area contributed by atoms with Gasteiger partial charge in [-0.05, 0) is 42.7 Å². The van der Waals surface area contributed by atoms with Crippen LogP contribution in [0.25, 0.3) is 10.9 Å². The van der Waals surface area contributed by atoms with Crippen molar-refractivity contribution in [1.29, 1.82) is 0 Å². The van der Waals surface area contributed by atoms with Crippen molar-refractivity contribution in [2.75, 3.05) is 19.5 Å². The van der Waals surface area contributed by atoms with Crippen LogP contribution >= 0.6 is 0 Å². The Morgan fingerprint density at radius 2 is 1.81 bits per heavy atom. The van der Waals surface area contributed by atoms with Crippen LogP contribution in [0.1, 0.15) is 18.4 Å². The summed E-state index contributed by atoms with van der Waals surface area (Å²) in [4.78, 5) is 17.5. The molecule has 2 aromatic carbocycles. The number of nitrogens with one attached hydrogen (secondary N) is 1.